The number of ether oxygens (including phenoxy) is 1. The minimum Gasteiger partial charge on any atom is -0.385 e. The molecule has 0 fully saturated rings. The molecule has 1 aromatic carbocycles. The third kappa shape index (κ3) is 14.8. The minimum absolute atomic E-state index is 0.373. The molecule has 216 valence electrons. The van der Waals surface area contributed by atoms with Gasteiger partial charge in [0, 0.05) is 63.7 Å². The van der Waals surface area contributed by atoms with Gasteiger partial charge in [0.05, 0.1) is 0 Å². The van der Waals surface area contributed by atoms with Crippen molar-refractivity contribution in [2.75, 3.05) is 57.9 Å². The van der Waals surface area contributed by atoms with Gasteiger partial charge in [-0.05, 0) is 71.6 Å². The highest BCUT2D eigenvalue weighted by atomic mass is 16.5. The number of nitrogens with zero attached hydrogens (tertiary/aromatic N) is 2. The Kier molecular flexibility index (Phi) is 19.7. The molecule has 0 spiro atoms. The van der Waals surface area contributed by atoms with E-state index in [1.807, 2.05) is 6.07 Å². The van der Waals surface area contributed by atoms with E-state index < -0.39 is 0 Å². The molecule has 1 unspecified atom stereocenters. The topological polar surface area (TPSA) is 44.8 Å². The predicted molar refractivity (Wildman–Crippen MR) is 166 cm³/mol. The second-order valence-electron chi connectivity index (χ2n) is 10.6. The minimum atomic E-state index is 0.373. The third-order valence-electron chi connectivity index (χ3n) is 7.02. The monoisotopic (exact) mass is 527 g/mol. The maximum Gasteiger partial charge on any atom is 0.150 e. The van der Waals surface area contributed by atoms with E-state index in [0.29, 0.717) is 6.04 Å². The van der Waals surface area contributed by atoms with Gasteiger partial charge in [-0.15, -0.1) is 0 Å². The largest absolute Gasteiger partial charge is 0.385 e. The normalized spacial score (nSPS) is 12.3. The second-order valence-corrected chi connectivity index (χ2v) is 10.6. The molecular formula is C33H57N3O2. The van der Waals surface area contributed by atoms with E-state index in [1.54, 1.807) is 7.11 Å². The molecule has 1 rings (SSSR count). The van der Waals surface area contributed by atoms with Gasteiger partial charge < -0.3 is 15.0 Å². The van der Waals surface area contributed by atoms with Crippen LogP contribution in [0.25, 0.3) is 0 Å². The number of hydrogen-bond acceptors (Lipinski definition) is 5. The summed E-state index contributed by atoms with van der Waals surface area (Å²) in [7, 11) is 1.76. The number of methoxy groups -OCH3 is 1. The van der Waals surface area contributed by atoms with Crippen LogP contribution in [0.5, 0.6) is 0 Å². The van der Waals surface area contributed by atoms with Crippen molar-refractivity contribution in [3.63, 3.8) is 0 Å². The summed E-state index contributed by atoms with van der Waals surface area (Å²) in [6.07, 6.45) is 17.2. The van der Waals surface area contributed by atoms with Crippen molar-refractivity contribution in [1.82, 2.24) is 10.2 Å². The average Bonchev–Trinajstić information content (AvgIpc) is 2.90. The molecule has 0 aromatic heterocycles. The molecule has 0 saturated heterocycles. The van der Waals surface area contributed by atoms with Gasteiger partial charge in [0.15, 0.2) is 0 Å². The first-order chi connectivity index (χ1) is 18.5. The number of carbonyl (C=O) groups is 1. The quantitative estimate of drug-likeness (QED) is 0.0937. The molecule has 0 radical (unpaired) electrons. The van der Waals surface area contributed by atoms with Gasteiger partial charge in [0.25, 0.3) is 0 Å². The number of benzene rings is 1. The Labute approximate surface area is 234 Å². The zero-order valence-corrected chi connectivity index (χ0v) is 25.4. The number of anilines is 1. The number of aryl methyl sites for hydroxylation is 1. The van der Waals surface area contributed by atoms with Crippen molar-refractivity contribution >= 4 is 12.0 Å². The number of hydrogen-bond donors (Lipinski definition) is 1. The fourth-order valence-corrected chi connectivity index (χ4v) is 4.87. The standard InChI is InChI=1S/C33H57N3O2/c1-7-9-11-12-13-16-32-18-17-31(28-37)27-33(32)36(21-14-10-8-2)24-23-35(30(5)26-29(3)4)22-20-34-19-15-25-38-6/h8,10,17-18,26-28,30,34H,7,9,11-16,19-25H2,1-6H3/b10-8-. The molecule has 0 saturated carbocycles. The van der Waals surface area contributed by atoms with Gasteiger partial charge in [-0.25, -0.2) is 0 Å². The summed E-state index contributed by atoms with van der Waals surface area (Å²) < 4.78 is 5.18. The number of nitrogens with one attached hydrogen (secondary N) is 1. The van der Waals surface area contributed by atoms with E-state index in [0.717, 1.165) is 77.0 Å². The lowest BCUT2D eigenvalue weighted by atomic mass is 10.0. The van der Waals surface area contributed by atoms with E-state index in [1.165, 1.54) is 48.9 Å². The molecule has 1 atom stereocenters. The van der Waals surface area contributed by atoms with Crippen LogP contribution in [0.4, 0.5) is 5.69 Å². The first kappa shape index (κ1) is 34.1. The molecular weight excluding hydrogens is 470 g/mol. The summed E-state index contributed by atoms with van der Waals surface area (Å²) in [6, 6.07) is 6.67. The molecule has 0 heterocycles. The van der Waals surface area contributed by atoms with E-state index in [9.17, 15) is 4.79 Å². The molecule has 38 heavy (non-hydrogen) atoms. The summed E-state index contributed by atoms with van der Waals surface area (Å²) in [5.74, 6) is 0. The lowest BCUT2D eigenvalue weighted by molar-refractivity contribution is 0.112. The molecule has 0 aliphatic carbocycles. The molecule has 0 aliphatic heterocycles. The Morgan fingerprint density at radius 1 is 1.03 bits per heavy atom. The highest BCUT2D eigenvalue weighted by Crippen LogP contribution is 2.25. The SMILES string of the molecule is C/C=C\CCN(CCN(CCNCCCOC)C(C)C=C(C)C)c1cc(C=O)ccc1CCCCCCC. The first-order valence-corrected chi connectivity index (χ1v) is 15.0. The lowest BCUT2D eigenvalue weighted by Crippen LogP contribution is -2.43. The molecule has 5 heteroatoms. The molecule has 0 amide bonds. The van der Waals surface area contributed by atoms with E-state index in [4.69, 9.17) is 4.74 Å². The Bertz CT molecular complexity index is 801. The van der Waals surface area contributed by atoms with Crippen LogP contribution >= 0.6 is 0 Å². The van der Waals surface area contributed by atoms with Crippen LogP contribution < -0.4 is 10.2 Å². The van der Waals surface area contributed by atoms with Crippen molar-refractivity contribution < 1.29 is 9.53 Å². The number of allylic oxidation sites excluding steroid dienone is 2. The zero-order valence-electron chi connectivity index (χ0n) is 25.4. The van der Waals surface area contributed by atoms with Gasteiger partial charge in [-0.2, -0.15) is 0 Å². The van der Waals surface area contributed by atoms with Crippen LogP contribution in [0.2, 0.25) is 0 Å². The smallest absolute Gasteiger partial charge is 0.150 e. The molecule has 0 aliphatic rings. The first-order valence-electron chi connectivity index (χ1n) is 15.0. The van der Waals surface area contributed by atoms with Gasteiger partial charge in [-0.3, -0.25) is 9.69 Å². The fourth-order valence-electron chi connectivity index (χ4n) is 4.87. The number of aldehydes is 1. The van der Waals surface area contributed by atoms with Gasteiger partial charge in [0.2, 0.25) is 0 Å². The van der Waals surface area contributed by atoms with Crippen molar-refractivity contribution in [2.24, 2.45) is 0 Å². The van der Waals surface area contributed by atoms with E-state index in [2.05, 4.69) is 80.1 Å². The maximum absolute atomic E-state index is 11.7. The summed E-state index contributed by atoms with van der Waals surface area (Å²) in [6.45, 7) is 17.6. The highest BCUT2D eigenvalue weighted by molar-refractivity contribution is 5.78. The Hall–Kier alpha value is -1.95. The van der Waals surface area contributed by atoms with Crippen LogP contribution in [0.3, 0.4) is 0 Å². The second kappa shape index (κ2) is 21.9. The van der Waals surface area contributed by atoms with Crippen LogP contribution in [0, 0.1) is 0 Å². The van der Waals surface area contributed by atoms with Crippen LogP contribution in [-0.2, 0) is 11.2 Å². The number of unbranched alkanes of at least 4 members (excludes halogenated alkanes) is 4. The van der Waals surface area contributed by atoms with Crippen molar-refractivity contribution in [2.45, 2.75) is 92.0 Å². The molecule has 1 N–H and O–H groups in total. The summed E-state index contributed by atoms with van der Waals surface area (Å²) in [5.41, 5.74) is 4.73. The van der Waals surface area contributed by atoms with Crippen LogP contribution in [0.1, 0.15) is 95.5 Å². The van der Waals surface area contributed by atoms with Gasteiger partial charge >= 0.3 is 0 Å². The van der Waals surface area contributed by atoms with Gasteiger partial charge in [0.1, 0.15) is 6.29 Å². The van der Waals surface area contributed by atoms with Crippen molar-refractivity contribution in [3.05, 3.63) is 53.1 Å². The lowest BCUT2D eigenvalue weighted by Gasteiger charge is -2.33. The number of rotatable bonds is 23. The Morgan fingerprint density at radius 2 is 1.82 bits per heavy atom. The average molecular weight is 528 g/mol. The predicted octanol–water partition coefficient (Wildman–Crippen LogP) is 7.07. The Balaban J connectivity index is 3.04. The third-order valence-corrected chi connectivity index (χ3v) is 7.02. The van der Waals surface area contributed by atoms with Crippen molar-refractivity contribution in [3.8, 4) is 0 Å². The molecule has 5 nitrogen and oxygen atoms in total. The number of carbonyl (C=O) groups excluding carboxylic acids is 1. The summed E-state index contributed by atoms with van der Waals surface area (Å²) in [4.78, 5) is 16.8. The molecule has 1 aromatic rings. The van der Waals surface area contributed by atoms with Crippen LogP contribution in [-0.4, -0.2) is 70.2 Å². The van der Waals surface area contributed by atoms with Crippen molar-refractivity contribution in [1.29, 1.82) is 0 Å². The Morgan fingerprint density at radius 3 is 2.50 bits per heavy atom. The van der Waals surface area contributed by atoms with E-state index >= 15 is 0 Å². The maximum atomic E-state index is 11.7. The summed E-state index contributed by atoms with van der Waals surface area (Å²) >= 11 is 0. The highest BCUT2D eigenvalue weighted by Gasteiger charge is 2.17. The van der Waals surface area contributed by atoms with Gasteiger partial charge in [-0.1, -0.05) is 68.5 Å². The fraction of sp³-hybridized carbons (Fsp3) is 0.667. The molecule has 0 bridgehead atoms. The van der Waals surface area contributed by atoms with E-state index in [-0.39, 0.29) is 0 Å². The zero-order chi connectivity index (χ0) is 28.0. The van der Waals surface area contributed by atoms with Crippen LogP contribution in [0.15, 0.2) is 42.0 Å². The summed E-state index contributed by atoms with van der Waals surface area (Å²) in [5, 5.41) is 3.58.